The quantitative estimate of drug-likeness (QED) is 0.794. The molecule has 0 fully saturated rings. The standard InChI is InChI=1S/C14H21BrN2O2/c1-9(2)14(4,19)8-16-13(18)17-12-7-11(15)6-5-10(12)3/h5-7,9,19H,8H2,1-4H3,(H2,16,17,18). The van der Waals surface area contributed by atoms with E-state index in [0.29, 0.717) is 0 Å². The smallest absolute Gasteiger partial charge is 0.319 e. The lowest BCUT2D eigenvalue weighted by atomic mass is 9.93. The van der Waals surface area contributed by atoms with Gasteiger partial charge in [-0.05, 0) is 37.5 Å². The summed E-state index contributed by atoms with van der Waals surface area (Å²) in [4.78, 5) is 11.8. The van der Waals surface area contributed by atoms with Crippen LogP contribution < -0.4 is 10.6 Å². The van der Waals surface area contributed by atoms with Crippen molar-refractivity contribution < 1.29 is 9.90 Å². The van der Waals surface area contributed by atoms with Gasteiger partial charge in [-0.3, -0.25) is 0 Å². The summed E-state index contributed by atoms with van der Waals surface area (Å²) in [6, 6.07) is 5.36. The molecule has 0 bridgehead atoms. The number of hydrogen-bond donors (Lipinski definition) is 3. The summed E-state index contributed by atoms with van der Waals surface area (Å²) < 4.78 is 0.905. The molecule has 0 aliphatic rings. The van der Waals surface area contributed by atoms with E-state index < -0.39 is 5.60 Å². The number of aryl methyl sites for hydroxylation is 1. The molecule has 0 radical (unpaired) electrons. The van der Waals surface area contributed by atoms with Crippen LogP contribution in [0, 0.1) is 12.8 Å². The van der Waals surface area contributed by atoms with Crippen LogP contribution in [-0.4, -0.2) is 23.3 Å². The van der Waals surface area contributed by atoms with Crippen molar-refractivity contribution in [2.75, 3.05) is 11.9 Å². The Kier molecular flexibility index (Phi) is 5.38. The summed E-state index contributed by atoms with van der Waals surface area (Å²) in [5, 5.41) is 15.5. The number of benzene rings is 1. The van der Waals surface area contributed by atoms with Crippen LogP contribution in [0.2, 0.25) is 0 Å². The highest BCUT2D eigenvalue weighted by atomic mass is 79.9. The van der Waals surface area contributed by atoms with Crippen molar-refractivity contribution in [1.29, 1.82) is 0 Å². The fraction of sp³-hybridized carbons (Fsp3) is 0.500. The molecule has 0 aliphatic heterocycles. The second-order valence-electron chi connectivity index (χ2n) is 5.28. The van der Waals surface area contributed by atoms with Crippen molar-refractivity contribution in [2.24, 2.45) is 5.92 Å². The zero-order chi connectivity index (χ0) is 14.6. The maximum Gasteiger partial charge on any atom is 0.319 e. The Morgan fingerprint density at radius 2 is 2.11 bits per heavy atom. The molecule has 106 valence electrons. The molecule has 0 spiro atoms. The molecule has 0 saturated heterocycles. The second kappa shape index (κ2) is 6.39. The van der Waals surface area contributed by atoms with Crippen LogP contribution in [-0.2, 0) is 0 Å². The molecular weight excluding hydrogens is 308 g/mol. The van der Waals surface area contributed by atoms with E-state index in [-0.39, 0.29) is 18.5 Å². The number of carbonyl (C=O) groups is 1. The highest BCUT2D eigenvalue weighted by Gasteiger charge is 2.25. The van der Waals surface area contributed by atoms with Crippen LogP contribution in [0.3, 0.4) is 0 Å². The van der Waals surface area contributed by atoms with Gasteiger partial charge in [-0.2, -0.15) is 0 Å². The Labute approximate surface area is 122 Å². The lowest BCUT2D eigenvalue weighted by Crippen LogP contribution is -2.45. The SMILES string of the molecule is Cc1ccc(Br)cc1NC(=O)NCC(C)(O)C(C)C. The van der Waals surface area contributed by atoms with Gasteiger partial charge in [-0.25, -0.2) is 4.79 Å². The number of hydrogen-bond acceptors (Lipinski definition) is 2. The Morgan fingerprint density at radius 3 is 2.68 bits per heavy atom. The number of anilines is 1. The minimum absolute atomic E-state index is 0.0698. The van der Waals surface area contributed by atoms with E-state index >= 15 is 0 Å². The largest absolute Gasteiger partial charge is 0.388 e. The molecule has 1 unspecified atom stereocenters. The molecule has 1 aromatic rings. The monoisotopic (exact) mass is 328 g/mol. The summed E-state index contributed by atoms with van der Waals surface area (Å²) in [5.41, 5.74) is 0.814. The number of amides is 2. The molecule has 19 heavy (non-hydrogen) atoms. The topological polar surface area (TPSA) is 61.4 Å². The lowest BCUT2D eigenvalue weighted by molar-refractivity contribution is 0.0170. The van der Waals surface area contributed by atoms with Gasteiger partial charge >= 0.3 is 6.03 Å². The number of urea groups is 1. The molecule has 0 aromatic heterocycles. The van der Waals surface area contributed by atoms with E-state index in [1.165, 1.54) is 0 Å². The van der Waals surface area contributed by atoms with Crippen LogP contribution >= 0.6 is 15.9 Å². The molecule has 4 nitrogen and oxygen atoms in total. The molecule has 3 N–H and O–H groups in total. The minimum Gasteiger partial charge on any atom is -0.388 e. The van der Waals surface area contributed by atoms with Crippen molar-refractivity contribution >= 4 is 27.6 Å². The first-order valence-electron chi connectivity index (χ1n) is 6.26. The van der Waals surface area contributed by atoms with Gasteiger partial charge < -0.3 is 15.7 Å². The maximum atomic E-state index is 11.8. The van der Waals surface area contributed by atoms with Gasteiger partial charge in [0.1, 0.15) is 0 Å². The Bertz CT molecular complexity index is 459. The van der Waals surface area contributed by atoms with Gasteiger partial charge in [-0.1, -0.05) is 35.8 Å². The van der Waals surface area contributed by atoms with Gasteiger partial charge in [0.25, 0.3) is 0 Å². The van der Waals surface area contributed by atoms with Gasteiger partial charge in [-0.15, -0.1) is 0 Å². The molecule has 5 heteroatoms. The maximum absolute atomic E-state index is 11.8. The number of halogens is 1. The van der Waals surface area contributed by atoms with Crippen molar-refractivity contribution in [3.05, 3.63) is 28.2 Å². The molecule has 0 saturated carbocycles. The van der Waals surface area contributed by atoms with Crippen LogP contribution in [0.5, 0.6) is 0 Å². The summed E-state index contributed by atoms with van der Waals surface area (Å²) in [7, 11) is 0. The Balaban J connectivity index is 2.59. The summed E-state index contributed by atoms with van der Waals surface area (Å²) in [6.07, 6.45) is 0. The zero-order valence-electron chi connectivity index (χ0n) is 11.7. The lowest BCUT2D eigenvalue weighted by Gasteiger charge is -2.27. The van der Waals surface area contributed by atoms with Crippen molar-refractivity contribution in [3.63, 3.8) is 0 Å². The fourth-order valence-corrected chi connectivity index (χ4v) is 1.72. The average Bonchev–Trinajstić information content (AvgIpc) is 2.31. The van der Waals surface area contributed by atoms with E-state index in [0.717, 1.165) is 15.7 Å². The van der Waals surface area contributed by atoms with E-state index in [2.05, 4.69) is 26.6 Å². The third-order valence-electron chi connectivity index (χ3n) is 3.30. The van der Waals surface area contributed by atoms with Crippen molar-refractivity contribution in [2.45, 2.75) is 33.3 Å². The molecule has 1 atom stereocenters. The Hall–Kier alpha value is -1.07. The number of carbonyl (C=O) groups excluding carboxylic acids is 1. The second-order valence-corrected chi connectivity index (χ2v) is 6.19. The third kappa shape index (κ3) is 4.84. The summed E-state index contributed by atoms with van der Waals surface area (Å²) in [5.74, 6) is 0.0698. The molecule has 1 rings (SSSR count). The van der Waals surface area contributed by atoms with Crippen LogP contribution in [0.1, 0.15) is 26.3 Å². The molecule has 0 aliphatic carbocycles. The van der Waals surface area contributed by atoms with Crippen LogP contribution in [0.25, 0.3) is 0 Å². The first kappa shape index (κ1) is 16.0. The molecule has 0 heterocycles. The zero-order valence-corrected chi connectivity index (χ0v) is 13.3. The first-order valence-corrected chi connectivity index (χ1v) is 7.05. The van der Waals surface area contributed by atoms with Crippen molar-refractivity contribution in [1.82, 2.24) is 5.32 Å². The first-order chi connectivity index (χ1) is 8.72. The number of aliphatic hydroxyl groups is 1. The van der Waals surface area contributed by atoms with E-state index in [4.69, 9.17) is 0 Å². The predicted octanol–water partition coefficient (Wildman–Crippen LogP) is 3.29. The average molecular weight is 329 g/mol. The minimum atomic E-state index is -0.913. The number of nitrogens with one attached hydrogen (secondary N) is 2. The van der Waals surface area contributed by atoms with E-state index in [1.54, 1.807) is 6.92 Å². The van der Waals surface area contributed by atoms with Crippen molar-refractivity contribution in [3.8, 4) is 0 Å². The highest BCUT2D eigenvalue weighted by molar-refractivity contribution is 9.10. The third-order valence-corrected chi connectivity index (χ3v) is 3.79. The molecule has 2 amide bonds. The van der Waals surface area contributed by atoms with Crippen LogP contribution in [0.15, 0.2) is 22.7 Å². The fourth-order valence-electron chi connectivity index (χ4n) is 1.36. The van der Waals surface area contributed by atoms with Gasteiger partial charge in [0, 0.05) is 16.7 Å². The summed E-state index contributed by atoms with van der Waals surface area (Å²) >= 11 is 3.36. The van der Waals surface area contributed by atoms with Gasteiger partial charge in [0.15, 0.2) is 0 Å². The van der Waals surface area contributed by atoms with E-state index in [1.807, 2.05) is 39.0 Å². The molecular formula is C14H21BrN2O2. The van der Waals surface area contributed by atoms with Gasteiger partial charge in [0.2, 0.25) is 0 Å². The predicted molar refractivity (Wildman–Crippen MR) is 81.4 cm³/mol. The van der Waals surface area contributed by atoms with Gasteiger partial charge in [0.05, 0.1) is 5.60 Å². The number of rotatable bonds is 4. The normalized spacial score (nSPS) is 14.1. The Morgan fingerprint density at radius 1 is 1.47 bits per heavy atom. The highest BCUT2D eigenvalue weighted by Crippen LogP contribution is 2.20. The van der Waals surface area contributed by atoms with E-state index in [9.17, 15) is 9.90 Å². The summed E-state index contributed by atoms with van der Waals surface area (Å²) in [6.45, 7) is 7.67. The van der Waals surface area contributed by atoms with Crippen LogP contribution in [0.4, 0.5) is 10.5 Å². The molecule has 1 aromatic carbocycles.